The maximum atomic E-state index is 9.11. The van der Waals surface area contributed by atoms with Gasteiger partial charge in [-0.05, 0) is 28.8 Å². The number of aliphatic hydroxyl groups excluding tert-OH is 1. The van der Waals surface area contributed by atoms with Gasteiger partial charge in [-0.25, -0.2) is 0 Å². The van der Waals surface area contributed by atoms with Crippen LogP contribution in [0.2, 0.25) is 0 Å². The summed E-state index contributed by atoms with van der Waals surface area (Å²) < 4.78 is 0. The smallest absolute Gasteiger partial charge is 0.0584 e. The Morgan fingerprint density at radius 3 is 2.59 bits per heavy atom. The van der Waals surface area contributed by atoms with Gasteiger partial charge in [-0.3, -0.25) is 0 Å². The molecule has 2 rings (SSSR count). The molecule has 2 N–H and O–H groups in total. The molecule has 0 spiro atoms. The predicted octanol–water partition coefficient (Wildman–Crippen LogP) is 2.70. The quantitative estimate of drug-likeness (QED) is 0.826. The lowest BCUT2D eigenvalue weighted by molar-refractivity contribution is 0.238. The summed E-state index contributed by atoms with van der Waals surface area (Å²) in [6.45, 7) is 3.09. The van der Waals surface area contributed by atoms with Gasteiger partial charge in [0.2, 0.25) is 0 Å². The van der Waals surface area contributed by atoms with Crippen LogP contribution in [0.1, 0.15) is 18.9 Å². The third kappa shape index (κ3) is 3.05. The van der Waals surface area contributed by atoms with E-state index in [-0.39, 0.29) is 12.6 Å². The van der Waals surface area contributed by atoms with Crippen LogP contribution in [0.4, 0.5) is 0 Å². The molecule has 0 fully saturated rings. The van der Waals surface area contributed by atoms with Crippen molar-refractivity contribution in [3.8, 4) is 0 Å². The molecule has 0 saturated heterocycles. The molecule has 0 aliphatic heterocycles. The fourth-order valence-corrected chi connectivity index (χ4v) is 1.95. The van der Waals surface area contributed by atoms with Crippen molar-refractivity contribution in [3.63, 3.8) is 0 Å². The van der Waals surface area contributed by atoms with Crippen LogP contribution in [0.5, 0.6) is 0 Å². The van der Waals surface area contributed by atoms with Crippen LogP contribution in [0.15, 0.2) is 42.5 Å². The van der Waals surface area contributed by atoms with Gasteiger partial charge in [0, 0.05) is 12.6 Å². The van der Waals surface area contributed by atoms with Crippen LogP contribution in [-0.4, -0.2) is 17.8 Å². The molecule has 2 nitrogen and oxygen atoms in total. The SMILES string of the molecule is CC[C@@H](CO)NCc1ccc2ccccc2c1. The second-order valence-electron chi connectivity index (χ2n) is 4.35. The number of aliphatic hydroxyl groups is 1. The molecule has 17 heavy (non-hydrogen) atoms. The third-order valence-electron chi connectivity index (χ3n) is 3.12. The van der Waals surface area contributed by atoms with Crippen molar-refractivity contribution in [2.75, 3.05) is 6.61 Å². The van der Waals surface area contributed by atoms with E-state index in [0.29, 0.717) is 0 Å². The van der Waals surface area contributed by atoms with E-state index in [0.717, 1.165) is 13.0 Å². The highest BCUT2D eigenvalue weighted by atomic mass is 16.3. The maximum absolute atomic E-state index is 9.11. The summed E-state index contributed by atoms with van der Waals surface area (Å²) >= 11 is 0. The van der Waals surface area contributed by atoms with Crippen molar-refractivity contribution in [2.24, 2.45) is 0 Å². The van der Waals surface area contributed by atoms with Gasteiger partial charge in [-0.15, -0.1) is 0 Å². The molecule has 0 heterocycles. The average molecular weight is 229 g/mol. The van der Waals surface area contributed by atoms with Gasteiger partial charge < -0.3 is 10.4 Å². The molecule has 0 aromatic heterocycles. The van der Waals surface area contributed by atoms with Crippen molar-refractivity contribution in [1.29, 1.82) is 0 Å². The van der Waals surface area contributed by atoms with E-state index < -0.39 is 0 Å². The highest BCUT2D eigenvalue weighted by Gasteiger charge is 2.03. The first-order chi connectivity index (χ1) is 8.33. The zero-order chi connectivity index (χ0) is 12.1. The lowest BCUT2D eigenvalue weighted by Gasteiger charge is -2.14. The fraction of sp³-hybridized carbons (Fsp3) is 0.333. The minimum absolute atomic E-state index is 0.196. The maximum Gasteiger partial charge on any atom is 0.0584 e. The Kier molecular flexibility index (Phi) is 4.13. The summed E-state index contributed by atoms with van der Waals surface area (Å²) in [7, 11) is 0. The number of hydrogen-bond acceptors (Lipinski definition) is 2. The molecule has 0 radical (unpaired) electrons. The van der Waals surface area contributed by atoms with E-state index in [1.54, 1.807) is 0 Å². The van der Waals surface area contributed by atoms with Crippen LogP contribution < -0.4 is 5.32 Å². The Balaban J connectivity index is 2.09. The Labute approximate surface area is 102 Å². The molecule has 2 heteroatoms. The number of benzene rings is 2. The normalized spacial score (nSPS) is 12.8. The van der Waals surface area contributed by atoms with Gasteiger partial charge in [0.15, 0.2) is 0 Å². The first-order valence-electron chi connectivity index (χ1n) is 6.15. The number of fused-ring (bicyclic) bond motifs is 1. The lowest BCUT2D eigenvalue weighted by Crippen LogP contribution is -2.31. The van der Waals surface area contributed by atoms with Gasteiger partial charge >= 0.3 is 0 Å². The molecular weight excluding hydrogens is 210 g/mol. The molecule has 0 aliphatic rings. The van der Waals surface area contributed by atoms with Gasteiger partial charge in [0.05, 0.1) is 6.61 Å². The highest BCUT2D eigenvalue weighted by Crippen LogP contribution is 2.15. The predicted molar refractivity (Wildman–Crippen MR) is 72.0 cm³/mol. The van der Waals surface area contributed by atoms with E-state index in [2.05, 4.69) is 54.7 Å². The Morgan fingerprint density at radius 2 is 1.88 bits per heavy atom. The molecule has 0 aliphatic carbocycles. The van der Waals surface area contributed by atoms with E-state index in [1.807, 2.05) is 0 Å². The summed E-state index contributed by atoms with van der Waals surface area (Å²) in [5.74, 6) is 0. The molecule has 0 amide bonds. The molecule has 0 saturated carbocycles. The standard InChI is InChI=1S/C15H19NO/c1-2-15(11-17)16-10-12-7-8-13-5-3-4-6-14(13)9-12/h3-9,15-17H,2,10-11H2,1H3/t15-/m0/s1. The molecule has 0 bridgehead atoms. The molecule has 1 atom stereocenters. The highest BCUT2D eigenvalue weighted by molar-refractivity contribution is 5.82. The molecule has 0 unspecified atom stereocenters. The minimum atomic E-state index is 0.196. The zero-order valence-corrected chi connectivity index (χ0v) is 10.2. The van der Waals surface area contributed by atoms with Gasteiger partial charge in [0.1, 0.15) is 0 Å². The molecule has 90 valence electrons. The Bertz CT molecular complexity index is 477. The van der Waals surface area contributed by atoms with Crippen LogP contribution in [0.25, 0.3) is 10.8 Å². The molecular formula is C15H19NO. The molecule has 2 aromatic carbocycles. The molecule has 2 aromatic rings. The van der Waals surface area contributed by atoms with Crippen LogP contribution >= 0.6 is 0 Å². The van der Waals surface area contributed by atoms with Gasteiger partial charge in [-0.2, -0.15) is 0 Å². The minimum Gasteiger partial charge on any atom is -0.395 e. The van der Waals surface area contributed by atoms with E-state index in [1.165, 1.54) is 16.3 Å². The van der Waals surface area contributed by atoms with Crippen molar-refractivity contribution in [1.82, 2.24) is 5.32 Å². The van der Waals surface area contributed by atoms with Gasteiger partial charge in [-0.1, -0.05) is 43.3 Å². The average Bonchev–Trinajstić information content (AvgIpc) is 2.40. The van der Waals surface area contributed by atoms with Crippen molar-refractivity contribution in [3.05, 3.63) is 48.0 Å². The summed E-state index contributed by atoms with van der Waals surface area (Å²) in [5, 5.41) is 15.0. The van der Waals surface area contributed by atoms with E-state index in [9.17, 15) is 0 Å². The zero-order valence-electron chi connectivity index (χ0n) is 10.2. The summed E-state index contributed by atoms with van der Waals surface area (Å²) in [5.41, 5.74) is 1.26. The Morgan fingerprint density at radius 1 is 1.12 bits per heavy atom. The summed E-state index contributed by atoms with van der Waals surface area (Å²) in [6.07, 6.45) is 0.948. The summed E-state index contributed by atoms with van der Waals surface area (Å²) in [4.78, 5) is 0. The fourth-order valence-electron chi connectivity index (χ4n) is 1.95. The van der Waals surface area contributed by atoms with Crippen molar-refractivity contribution < 1.29 is 5.11 Å². The van der Waals surface area contributed by atoms with Crippen molar-refractivity contribution >= 4 is 10.8 Å². The van der Waals surface area contributed by atoms with Crippen LogP contribution in [0, 0.1) is 0 Å². The number of nitrogens with one attached hydrogen (secondary N) is 1. The van der Waals surface area contributed by atoms with Crippen LogP contribution in [0.3, 0.4) is 0 Å². The number of hydrogen-bond donors (Lipinski definition) is 2. The monoisotopic (exact) mass is 229 g/mol. The first-order valence-corrected chi connectivity index (χ1v) is 6.15. The second-order valence-corrected chi connectivity index (χ2v) is 4.35. The second kappa shape index (κ2) is 5.80. The van der Waals surface area contributed by atoms with E-state index >= 15 is 0 Å². The number of rotatable bonds is 5. The van der Waals surface area contributed by atoms with E-state index in [4.69, 9.17) is 5.11 Å². The summed E-state index contributed by atoms with van der Waals surface area (Å²) in [6, 6.07) is 15.0. The topological polar surface area (TPSA) is 32.3 Å². The largest absolute Gasteiger partial charge is 0.395 e. The third-order valence-corrected chi connectivity index (χ3v) is 3.12. The van der Waals surface area contributed by atoms with Gasteiger partial charge in [0.25, 0.3) is 0 Å². The van der Waals surface area contributed by atoms with Crippen LogP contribution in [-0.2, 0) is 6.54 Å². The lowest BCUT2D eigenvalue weighted by atomic mass is 10.1. The first kappa shape index (κ1) is 12.1. The van der Waals surface area contributed by atoms with Crippen molar-refractivity contribution in [2.45, 2.75) is 25.9 Å². The Hall–Kier alpha value is -1.38.